The third kappa shape index (κ3) is 57.4. The molecule has 0 fully saturated rings. The van der Waals surface area contributed by atoms with Crippen molar-refractivity contribution in [1.82, 2.24) is 0 Å². The fraction of sp³-hybridized carbons (Fsp3) is 0.723. The maximum Gasteiger partial charge on any atom is 0.306 e. The number of carbonyl (C=O) groups is 2. The zero-order chi connectivity index (χ0) is 50.6. The summed E-state index contributed by atoms with van der Waals surface area (Å²) >= 11 is 0. The Morgan fingerprint density at radius 2 is 0.643 bits per heavy atom. The topological polar surface area (TPSA) is 61.8 Å². The average molecular weight is 974 g/mol. The van der Waals surface area contributed by atoms with Crippen molar-refractivity contribution in [2.24, 2.45) is 0 Å². The number of ether oxygens (including phenoxy) is 3. The standard InChI is InChI=1S/C65H112O5/c1-4-7-10-13-16-19-22-25-28-31-33-35-37-40-43-46-49-52-55-58-64(66)69-62-63(61-68-60-57-54-51-48-45-42-39-30-27-24-21-18-15-12-9-6-3)70-65(67)59-56-53-50-47-44-41-38-36-34-32-29-26-23-20-17-14-11-8-5-2/h7,9-10,12,16,18-19,21,25-30,33,35,63H,4-6,8,11,13-15,17,20,22-24,31-32,34,36-62H2,1-3H3/b10-7-,12-9-,19-16-,21-18-,28-25-,29-26-,30-27-,35-33-. The predicted molar refractivity (Wildman–Crippen MR) is 306 cm³/mol. The van der Waals surface area contributed by atoms with Gasteiger partial charge in [0, 0.05) is 19.4 Å². The molecule has 0 aliphatic heterocycles. The highest BCUT2D eigenvalue weighted by molar-refractivity contribution is 5.70. The van der Waals surface area contributed by atoms with Crippen LogP contribution in [0.5, 0.6) is 0 Å². The van der Waals surface area contributed by atoms with Crippen molar-refractivity contribution in [2.75, 3.05) is 19.8 Å². The molecule has 0 rings (SSSR count). The summed E-state index contributed by atoms with van der Waals surface area (Å²) in [7, 11) is 0. The van der Waals surface area contributed by atoms with E-state index in [1.54, 1.807) is 0 Å². The first kappa shape index (κ1) is 66.8. The molecule has 0 aromatic carbocycles. The van der Waals surface area contributed by atoms with E-state index in [9.17, 15) is 9.59 Å². The molecule has 0 spiro atoms. The third-order valence-corrected chi connectivity index (χ3v) is 12.6. The highest BCUT2D eigenvalue weighted by Crippen LogP contribution is 2.15. The normalized spacial score (nSPS) is 12.9. The Kier molecular flexibility index (Phi) is 57.4. The van der Waals surface area contributed by atoms with E-state index in [0.717, 1.165) is 109 Å². The number of esters is 2. The molecule has 0 saturated carbocycles. The first-order valence-electron chi connectivity index (χ1n) is 29.8. The van der Waals surface area contributed by atoms with Gasteiger partial charge < -0.3 is 14.2 Å². The van der Waals surface area contributed by atoms with E-state index in [2.05, 4.69) is 118 Å². The quantitative estimate of drug-likeness (QED) is 0.0345. The van der Waals surface area contributed by atoms with Gasteiger partial charge in [0.15, 0.2) is 6.10 Å². The van der Waals surface area contributed by atoms with Crippen LogP contribution in [0.1, 0.15) is 278 Å². The van der Waals surface area contributed by atoms with Gasteiger partial charge in [-0.05, 0) is 116 Å². The van der Waals surface area contributed by atoms with Crippen molar-refractivity contribution in [2.45, 2.75) is 284 Å². The Bertz CT molecular complexity index is 1330. The molecule has 0 aromatic rings. The monoisotopic (exact) mass is 973 g/mol. The van der Waals surface area contributed by atoms with E-state index >= 15 is 0 Å². The summed E-state index contributed by atoms with van der Waals surface area (Å²) in [6, 6.07) is 0. The summed E-state index contributed by atoms with van der Waals surface area (Å²) in [6.45, 7) is 7.58. The molecule has 5 heteroatoms. The van der Waals surface area contributed by atoms with E-state index < -0.39 is 6.10 Å². The van der Waals surface area contributed by atoms with Crippen LogP contribution in [0.2, 0.25) is 0 Å². The highest BCUT2D eigenvalue weighted by atomic mass is 16.6. The molecule has 0 aromatic heterocycles. The minimum absolute atomic E-state index is 0.0678. The van der Waals surface area contributed by atoms with E-state index in [1.165, 1.54) is 135 Å². The van der Waals surface area contributed by atoms with Crippen molar-refractivity contribution in [3.8, 4) is 0 Å². The van der Waals surface area contributed by atoms with Crippen molar-refractivity contribution in [3.05, 3.63) is 97.2 Å². The molecular weight excluding hydrogens is 861 g/mol. The molecule has 5 nitrogen and oxygen atoms in total. The van der Waals surface area contributed by atoms with E-state index in [1.807, 2.05) is 0 Å². The Morgan fingerprint density at radius 1 is 0.329 bits per heavy atom. The van der Waals surface area contributed by atoms with Gasteiger partial charge in [-0.25, -0.2) is 0 Å². The molecule has 0 saturated heterocycles. The van der Waals surface area contributed by atoms with Gasteiger partial charge in [-0.3, -0.25) is 9.59 Å². The van der Waals surface area contributed by atoms with Crippen LogP contribution in [-0.4, -0.2) is 37.9 Å². The van der Waals surface area contributed by atoms with E-state index in [0.29, 0.717) is 19.4 Å². The Balaban J connectivity index is 4.33. The van der Waals surface area contributed by atoms with Gasteiger partial charge in [0.2, 0.25) is 0 Å². The second kappa shape index (κ2) is 60.1. The maximum atomic E-state index is 12.9. The molecule has 0 aliphatic carbocycles. The van der Waals surface area contributed by atoms with Crippen LogP contribution < -0.4 is 0 Å². The van der Waals surface area contributed by atoms with Gasteiger partial charge >= 0.3 is 11.9 Å². The largest absolute Gasteiger partial charge is 0.462 e. The molecule has 0 aliphatic rings. The molecule has 0 heterocycles. The lowest BCUT2D eigenvalue weighted by atomic mass is 10.1. The highest BCUT2D eigenvalue weighted by Gasteiger charge is 2.17. The minimum atomic E-state index is -0.557. The van der Waals surface area contributed by atoms with Crippen molar-refractivity contribution < 1.29 is 23.8 Å². The van der Waals surface area contributed by atoms with Crippen LogP contribution in [0.25, 0.3) is 0 Å². The van der Waals surface area contributed by atoms with Crippen LogP contribution in [0, 0.1) is 0 Å². The smallest absolute Gasteiger partial charge is 0.306 e. The number of carbonyl (C=O) groups excluding carboxylic acids is 2. The zero-order valence-electron chi connectivity index (χ0n) is 46.3. The van der Waals surface area contributed by atoms with Gasteiger partial charge in [-0.2, -0.15) is 0 Å². The van der Waals surface area contributed by atoms with Crippen molar-refractivity contribution >= 4 is 11.9 Å². The summed E-state index contributed by atoms with van der Waals surface area (Å²) in [5.41, 5.74) is 0. The average Bonchev–Trinajstić information content (AvgIpc) is 3.36. The molecule has 0 amide bonds. The van der Waals surface area contributed by atoms with Gasteiger partial charge in [0.1, 0.15) is 6.61 Å². The fourth-order valence-electron chi connectivity index (χ4n) is 8.22. The molecule has 1 atom stereocenters. The molecule has 70 heavy (non-hydrogen) atoms. The summed E-state index contributed by atoms with van der Waals surface area (Å²) in [5.74, 6) is -0.419. The predicted octanol–water partition coefficient (Wildman–Crippen LogP) is 20.6. The number of hydrogen-bond donors (Lipinski definition) is 0. The van der Waals surface area contributed by atoms with Gasteiger partial charge in [-0.15, -0.1) is 0 Å². The third-order valence-electron chi connectivity index (χ3n) is 12.6. The van der Waals surface area contributed by atoms with Gasteiger partial charge in [-0.1, -0.05) is 246 Å². The van der Waals surface area contributed by atoms with E-state index in [4.69, 9.17) is 14.2 Å². The second-order valence-corrected chi connectivity index (χ2v) is 19.5. The molecular formula is C65H112O5. The Labute approximate surface area is 434 Å². The van der Waals surface area contributed by atoms with Crippen molar-refractivity contribution in [3.63, 3.8) is 0 Å². The Morgan fingerprint density at radius 3 is 1.04 bits per heavy atom. The summed E-state index contributed by atoms with van der Waals surface area (Å²) in [6.07, 6.45) is 81.4. The van der Waals surface area contributed by atoms with E-state index in [-0.39, 0.29) is 25.2 Å². The van der Waals surface area contributed by atoms with Crippen LogP contribution in [0.3, 0.4) is 0 Å². The molecule has 1 unspecified atom stereocenters. The number of hydrogen-bond acceptors (Lipinski definition) is 5. The lowest BCUT2D eigenvalue weighted by molar-refractivity contribution is -0.163. The molecule has 0 bridgehead atoms. The van der Waals surface area contributed by atoms with Gasteiger partial charge in [0.05, 0.1) is 6.61 Å². The fourth-order valence-corrected chi connectivity index (χ4v) is 8.22. The molecule has 0 N–H and O–H groups in total. The van der Waals surface area contributed by atoms with Crippen LogP contribution in [0.4, 0.5) is 0 Å². The molecule has 402 valence electrons. The summed E-state index contributed by atoms with van der Waals surface area (Å²) in [4.78, 5) is 25.6. The SMILES string of the molecule is CC/C=C\C/C=C\C/C=C\C/C=C\CCCCCCCCC(=O)OCC(COCCCCCCCC/C=C\C/C=C\C/C=C\CC)OC(=O)CCCCCCCCCCC/C=C\CCCCCCCC. The second-order valence-electron chi connectivity index (χ2n) is 19.5. The Hall–Kier alpha value is -3.18. The number of allylic oxidation sites excluding steroid dienone is 16. The summed E-state index contributed by atoms with van der Waals surface area (Å²) < 4.78 is 17.5. The minimum Gasteiger partial charge on any atom is -0.462 e. The van der Waals surface area contributed by atoms with Crippen LogP contribution in [-0.2, 0) is 23.8 Å². The molecule has 0 radical (unpaired) electrons. The number of rotatable bonds is 54. The lowest BCUT2D eigenvalue weighted by Crippen LogP contribution is -2.30. The first-order valence-corrected chi connectivity index (χ1v) is 29.8. The number of unbranched alkanes of at least 4 members (excludes halogenated alkanes) is 27. The van der Waals surface area contributed by atoms with Crippen LogP contribution in [0.15, 0.2) is 97.2 Å². The first-order chi connectivity index (χ1) is 34.6. The van der Waals surface area contributed by atoms with Gasteiger partial charge in [0.25, 0.3) is 0 Å². The van der Waals surface area contributed by atoms with Crippen LogP contribution >= 0.6 is 0 Å². The summed E-state index contributed by atoms with van der Waals surface area (Å²) in [5, 5.41) is 0. The zero-order valence-corrected chi connectivity index (χ0v) is 46.3. The van der Waals surface area contributed by atoms with Crippen molar-refractivity contribution in [1.29, 1.82) is 0 Å². The lowest BCUT2D eigenvalue weighted by Gasteiger charge is -2.18. The maximum absolute atomic E-state index is 12.9.